The van der Waals surface area contributed by atoms with E-state index >= 15 is 0 Å². The highest BCUT2D eigenvalue weighted by Crippen LogP contribution is 2.33. The Balaban J connectivity index is 1.87. The first-order chi connectivity index (χ1) is 9.28. The maximum absolute atomic E-state index is 13.8. The van der Waals surface area contributed by atoms with E-state index in [1.165, 1.54) is 11.6 Å². The topological polar surface area (TPSA) is 34.1 Å². The molecule has 0 aliphatic heterocycles. The molecule has 98 valence electrons. The zero-order chi connectivity index (χ0) is 13.2. The highest BCUT2D eigenvalue weighted by Gasteiger charge is 2.24. The minimum absolute atomic E-state index is 0.0674. The number of rotatable bonds is 3. The van der Waals surface area contributed by atoms with Crippen molar-refractivity contribution in [3.05, 3.63) is 53.6 Å². The Kier molecular flexibility index (Phi) is 3.07. The Hall–Kier alpha value is -2.10. The maximum atomic E-state index is 13.8. The van der Waals surface area contributed by atoms with E-state index in [4.69, 9.17) is 4.74 Å². The number of ether oxygens (including phenoxy) is 1. The van der Waals surface area contributed by atoms with Crippen LogP contribution in [-0.4, -0.2) is 12.1 Å². The van der Waals surface area contributed by atoms with Crippen molar-refractivity contribution in [2.24, 2.45) is 0 Å². The zero-order valence-corrected chi connectivity index (χ0v) is 10.7. The second-order valence-electron chi connectivity index (χ2n) is 4.63. The van der Waals surface area contributed by atoms with Gasteiger partial charge in [-0.1, -0.05) is 6.07 Å². The molecule has 0 amide bonds. The number of pyridine rings is 1. The molecule has 1 aromatic heterocycles. The lowest BCUT2D eigenvalue weighted by Gasteiger charge is -2.15. The molecule has 19 heavy (non-hydrogen) atoms. The van der Waals surface area contributed by atoms with Crippen LogP contribution in [0.1, 0.15) is 23.7 Å². The van der Waals surface area contributed by atoms with Crippen LogP contribution < -0.4 is 10.1 Å². The molecule has 0 radical (unpaired) electrons. The highest BCUT2D eigenvalue weighted by molar-refractivity contribution is 5.52. The van der Waals surface area contributed by atoms with Gasteiger partial charge in [0.1, 0.15) is 11.6 Å². The van der Waals surface area contributed by atoms with Gasteiger partial charge in [-0.3, -0.25) is 4.98 Å². The number of nitrogens with one attached hydrogen (secondary N) is 1. The monoisotopic (exact) mass is 258 g/mol. The number of benzene rings is 1. The van der Waals surface area contributed by atoms with E-state index in [1.54, 1.807) is 25.4 Å². The van der Waals surface area contributed by atoms with Gasteiger partial charge in [-0.2, -0.15) is 0 Å². The summed E-state index contributed by atoms with van der Waals surface area (Å²) in [5, 5.41) is 3.22. The van der Waals surface area contributed by atoms with Crippen LogP contribution in [0.5, 0.6) is 5.75 Å². The van der Waals surface area contributed by atoms with Crippen molar-refractivity contribution in [3.63, 3.8) is 0 Å². The van der Waals surface area contributed by atoms with E-state index in [1.807, 2.05) is 6.07 Å². The molecule has 0 saturated carbocycles. The van der Waals surface area contributed by atoms with Gasteiger partial charge < -0.3 is 10.1 Å². The summed E-state index contributed by atoms with van der Waals surface area (Å²) >= 11 is 0. The summed E-state index contributed by atoms with van der Waals surface area (Å²) in [6, 6.07) is 8.78. The first-order valence-electron chi connectivity index (χ1n) is 6.32. The molecular formula is C15H15FN2O. The lowest BCUT2D eigenvalue weighted by molar-refractivity contribution is 0.414. The van der Waals surface area contributed by atoms with E-state index in [2.05, 4.69) is 16.4 Å². The molecule has 1 aliphatic rings. The van der Waals surface area contributed by atoms with Gasteiger partial charge in [0.25, 0.3) is 0 Å². The van der Waals surface area contributed by atoms with Crippen molar-refractivity contribution in [3.8, 4) is 5.75 Å². The molecule has 0 saturated heterocycles. The minimum atomic E-state index is -0.273. The largest absolute Gasteiger partial charge is 0.497 e. The molecule has 0 fully saturated rings. The Bertz CT molecular complexity index is 600. The van der Waals surface area contributed by atoms with E-state index in [-0.39, 0.29) is 11.9 Å². The molecule has 0 bridgehead atoms. The lowest BCUT2D eigenvalue weighted by Crippen LogP contribution is -2.09. The summed E-state index contributed by atoms with van der Waals surface area (Å²) in [6.45, 7) is 0. The van der Waals surface area contributed by atoms with E-state index in [9.17, 15) is 4.39 Å². The molecule has 3 rings (SSSR count). The van der Waals surface area contributed by atoms with Gasteiger partial charge in [0.2, 0.25) is 0 Å². The van der Waals surface area contributed by atoms with Crippen LogP contribution in [0.3, 0.4) is 0 Å². The maximum Gasteiger partial charge on any atom is 0.146 e. The van der Waals surface area contributed by atoms with Gasteiger partial charge in [-0.15, -0.1) is 0 Å². The SMILES string of the molecule is COc1ccc(F)c(NC2CCc3cccnc32)c1. The van der Waals surface area contributed by atoms with Gasteiger partial charge in [0, 0.05) is 12.3 Å². The van der Waals surface area contributed by atoms with Crippen molar-refractivity contribution in [2.75, 3.05) is 12.4 Å². The molecule has 4 heteroatoms. The molecule has 3 nitrogen and oxygen atoms in total. The molecule has 1 atom stereocenters. The smallest absolute Gasteiger partial charge is 0.146 e. The van der Waals surface area contributed by atoms with Crippen molar-refractivity contribution in [2.45, 2.75) is 18.9 Å². The van der Waals surface area contributed by atoms with Crippen LogP contribution in [-0.2, 0) is 6.42 Å². The van der Waals surface area contributed by atoms with Crippen LogP contribution >= 0.6 is 0 Å². The number of anilines is 1. The summed E-state index contributed by atoms with van der Waals surface area (Å²) in [7, 11) is 1.57. The predicted molar refractivity (Wildman–Crippen MR) is 71.9 cm³/mol. The molecule has 1 aliphatic carbocycles. The summed E-state index contributed by atoms with van der Waals surface area (Å²) in [5.74, 6) is 0.369. The number of aromatic nitrogens is 1. The second kappa shape index (κ2) is 4.88. The molecule has 1 aromatic carbocycles. The summed E-state index contributed by atoms with van der Waals surface area (Å²) < 4.78 is 18.9. The van der Waals surface area contributed by atoms with Crippen molar-refractivity contribution < 1.29 is 9.13 Å². The summed E-state index contributed by atoms with van der Waals surface area (Å²) in [6.07, 6.45) is 3.69. The second-order valence-corrected chi connectivity index (χ2v) is 4.63. The summed E-state index contributed by atoms with van der Waals surface area (Å²) in [5.41, 5.74) is 2.72. The van der Waals surface area contributed by atoms with Gasteiger partial charge in [-0.05, 0) is 36.6 Å². The first kappa shape index (κ1) is 12.0. The third-order valence-corrected chi connectivity index (χ3v) is 3.46. The van der Waals surface area contributed by atoms with Crippen LogP contribution in [0, 0.1) is 5.82 Å². The van der Waals surface area contributed by atoms with Crippen LogP contribution in [0.2, 0.25) is 0 Å². The average molecular weight is 258 g/mol. The van der Waals surface area contributed by atoms with E-state index < -0.39 is 0 Å². The third kappa shape index (κ3) is 2.26. The number of fused-ring (bicyclic) bond motifs is 1. The van der Waals surface area contributed by atoms with Crippen molar-refractivity contribution in [1.82, 2.24) is 4.98 Å². The number of halogens is 1. The molecule has 0 spiro atoms. The fraction of sp³-hybridized carbons (Fsp3) is 0.267. The fourth-order valence-electron chi connectivity index (χ4n) is 2.48. The first-order valence-corrected chi connectivity index (χ1v) is 6.32. The van der Waals surface area contributed by atoms with Crippen LogP contribution in [0.15, 0.2) is 36.5 Å². The predicted octanol–water partition coefficient (Wildman–Crippen LogP) is 3.33. The third-order valence-electron chi connectivity index (χ3n) is 3.46. The molecule has 1 N–H and O–H groups in total. The quantitative estimate of drug-likeness (QED) is 0.917. The Morgan fingerprint density at radius 2 is 2.26 bits per heavy atom. The van der Waals surface area contributed by atoms with E-state index in [0.29, 0.717) is 11.4 Å². The lowest BCUT2D eigenvalue weighted by atomic mass is 10.2. The van der Waals surface area contributed by atoms with Gasteiger partial charge in [-0.25, -0.2) is 4.39 Å². The van der Waals surface area contributed by atoms with Gasteiger partial charge >= 0.3 is 0 Å². The van der Waals surface area contributed by atoms with Gasteiger partial charge in [0.05, 0.1) is 24.5 Å². The van der Waals surface area contributed by atoms with E-state index in [0.717, 1.165) is 18.5 Å². The highest BCUT2D eigenvalue weighted by atomic mass is 19.1. The van der Waals surface area contributed by atoms with Crippen molar-refractivity contribution >= 4 is 5.69 Å². The number of methoxy groups -OCH3 is 1. The Morgan fingerprint density at radius 1 is 1.37 bits per heavy atom. The fourth-order valence-corrected chi connectivity index (χ4v) is 2.48. The number of aryl methyl sites for hydroxylation is 1. The molecular weight excluding hydrogens is 243 g/mol. The number of hydrogen-bond donors (Lipinski definition) is 1. The van der Waals surface area contributed by atoms with Crippen molar-refractivity contribution in [1.29, 1.82) is 0 Å². The van der Waals surface area contributed by atoms with Crippen LogP contribution in [0.4, 0.5) is 10.1 Å². The molecule has 2 aromatic rings. The zero-order valence-electron chi connectivity index (χ0n) is 10.7. The average Bonchev–Trinajstić information content (AvgIpc) is 2.85. The summed E-state index contributed by atoms with van der Waals surface area (Å²) in [4.78, 5) is 4.39. The Morgan fingerprint density at radius 3 is 3.11 bits per heavy atom. The minimum Gasteiger partial charge on any atom is -0.497 e. The Labute approximate surface area is 111 Å². The number of hydrogen-bond acceptors (Lipinski definition) is 3. The number of nitrogens with zero attached hydrogens (tertiary/aromatic N) is 1. The standard InChI is InChI=1S/C15H15FN2O/c1-19-11-5-6-12(16)14(9-11)18-13-7-4-10-3-2-8-17-15(10)13/h2-3,5-6,8-9,13,18H,4,7H2,1H3. The van der Waals surface area contributed by atoms with Crippen LogP contribution in [0.25, 0.3) is 0 Å². The molecule has 1 unspecified atom stereocenters. The molecule has 1 heterocycles. The van der Waals surface area contributed by atoms with Gasteiger partial charge in [0.15, 0.2) is 0 Å². The normalized spacial score (nSPS) is 17.1.